The second kappa shape index (κ2) is 9.26. The number of carbonyl (C=O) groups excluding carboxylic acids is 1. The summed E-state index contributed by atoms with van der Waals surface area (Å²) >= 11 is 0. The Morgan fingerprint density at radius 3 is 2.40 bits per heavy atom. The van der Waals surface area contributed by atoms with E-state index in [1.54, 1.807) is 24.3 Å². The molecule has 0 aromatic heterocycles. The highest BCUT2D eigenvalue weighted by Crippen LogP contribution is 2.31. The Bertz CT molecular complexity index is 660. The first-order chi connectivity index (χ1) is 11.2. The van der Waals surface area contributed by atoms with Crippen LogP contribution < -0.4 is 20.5 Å². The summed E-state index contributed by atoms with van der Waals surface area (Å²) in [5.74, 6) is -0.0843. The Hall–Kier alpha value is -1.51. The predicted molar refractivity (Wildman–Crippen MR) is 101 cm³/mol. The second-order valence-electron chi connectivity index (χ2n) is 6.36. The number of rotatable bonds is 9. The maximum Gasteiger partial charge on any atom is 0.241 e. The summed E-state index contributed by atoms with van der Waals surface area (Å²) in [7, 11) is -3.77. The Morgan fingerprint density at radius 1 is 1.28 bits per heavy atom. The molecule has 0 aliphatic heterocycles. The largest absolute Gasteiger partial charge is 0.491 e. The number of sulfonamides is 1. The Kier molecular flexibility index (Phi) is 7.98. The molecule has 1 unspecified atom stereocenters. The van der Waals surface area contributed by atoms with Crippen LogP contribution >= 0.6 is 12.4 Å². The number of benzene rings is 1. The fourth-order valence-corrected chi connectivity index (χ4v) is 3.25. The van der Waals surface area contributed by atoms with E-state index in [1.807, 2.05) is 13.8 Å². The average molecular weight is 392 g/mol. The molecule has 0 saturated heterocycles. The van der Waals surface area contributed by atoms with Crippen LogP contribution in [0.3, 0.4) is 0 Å². The molecule has 1 saturated carbocycles. The Labute approximate surface area is 155 Å². The molecular formula is C16H26ClN3O4S. The van der Waals surface area contributed by atoms with E-state index in [2.05, 4.69) is 10.0 Å². The van der Waals surface area contributed by atoms with Gasteiger partial charge in [0.15, 0.2) is 0 Å². The van der Waals surface area contributed by atoms with Crippen LogP contribution in [0.1, 0.15) is 26.7 Å². The van der Waals surface area contributed by atoms with Crippen LogP contribution in [0.5, 0.6) is 5.75 Å². The third-order valence-corrected chi connectivity index (χ3v) is 4.77. The molecule has 4 N–H and O–H groups in total. The van der Waals surface area contributed by atoms with Gasteiger partial charge in [0.05, 0.1) is 6.10 Å². The molecule has 1 amide bonds. The smallest absolute Gasteiger partial charge is 0.241 e. The van der Waals surface area contributed by atoms with Crippen LogP contribution in [0.4, 0.5) is 5.69 Å². The van der Waals surface area contributed by atoms with Crippen molar-refractivity contribution >= 4 is 34.0 Å². The fourth-order valence-electron chi connectivity index (χ4n) is 2.24. The normalized spacial score (nSPS) is 15.2. The molecular weight excluding hydrogens is 366 g/mol. The molecule has 1 atom stereocenters. The van der Waals surface area contributed by atoms with Gasteiger partial charge in [-0.25, -0.2) is 8.42 Å². The standard InChI is InChI=1S/C16H25N3O4S.ClH/c1-11(2)23-14-7-5-13(6-8-14)19-24(21,22)10-16(20)18-9-15(17)12-3-4-12;/h5-8,11-12,15,19H,3-4,9-10,17H2,1-2H3,(H,18,20);1H. The van der Waals surface area contributed by atoms with E-state index in [1.165, 1.54) is 0 Å². The summed E-state index contributed by atoms with van der Waals surface area (Å²) in [4.78, 5) is 11.8. The third kappa shape index (κ3) is 7.94. The van der Waals surface area contributed by atoms with Gasteiger partial charge in [-0.2, -0.15) is 0 Å². The van der Waals surface area contributed by atoms with E-state index in [0.717, 1.165) is 12.8 Å². The van der Waals surface area contributed by atoms with Crippen molar-refractivity contribution < 1.29 is 17.9 Å². The summed E-state index contributed by atoms with van der Waals surface area (Å²) in [6, 6.07) is 6.43. The van der Waals surface area contributed by atoms with Gasteiger partial charge < -0.3 is 15.8 Å². The molecule has 0 radical (unpaired) electrons. The first kappa shape index (κ1) is 21.5. The second-order valence-corrected chi connectivity index (χ2v) is 8.08. The molecule has 1 aromatic rings. The third-order valence-electron chi connectivity index (χ3n) is 3.58. The van der Waals surface area contributed by atoms with Gasteiger partial charge in [0.1, 0.15) is 11.5 Å². The summed E-state index contributed by atoms with van der Waals surface area (Å²) in [6.07, 6.45) is 2.19. The highest BCUT2D eigenvalue weighted by atomic mass is 35.5. The quantitative estimate of drug-likeness (QED) is 0.590. The number of amides is 1. The molecule has 0 spiro atoms. The summed E-state index contributed by atoms with van der Waals surface area (Å²) in [5.41, 5.74) is 6.25. The van der Waals surface area contributed by atoms with Gasteiger partial charge in [-0.1, -0.05) is 0 Å². The van der Waals surface area contributed by atoms with Gasteiger partial charge in [-0.3, -0.25) is 9.52 Å². The zero-order chi connectivity index (χ0) is 17.7. The van der Waals surface area contributed by atoms with Crippen LogP contribution in [0.25, 0.3) is 0 Å². The lowest BCUT2D eigenvalue weighted by Crippen LogP contribution is -2.41. The van der Waals surface area contributed by atoms with E-state index >= 15 is 0 Å². The van der Waals surface area contributed by atoms with E-state index in [9.17, 15) is 13.2 Å². The van der Waals surface area contributed by atoms with Crippen LogP contribution in [0, 0.1) is 5.92 Å². The topological polar surface area (TPSA) is 111 Å². The van der Waals surface area contributed by atoms with Crippen molar-refractivity contribution in [2.75, 3.05) is 17.0 Å². The maximum atomic E-state index is 12.0. The lowest BCUT2D eigenvalue weighted by molar-refractivity contribution is -0.118. The molecule has 142 valence electrons. The monoisotopic (exact) mass is 391 g/mol. The van der Waals surface area contributed by atoms with Gasteiger partial charge in [0, 0.05) is 18.3 Å². The van der Waals surface area contributed by atoms with E-state index in [0.29, 0.717) is 23.9 Å². The van der Waals surface area contributed by atoms with Crippen molar-refractivity contribution in [3.8, 4) is 5.75 Å². The van der Waals surface area contributed by atoms with Crippen molar-refractivity contribution in [2.24, 2.45) is 11.7 Å². The van der Waals surface area contributed by atoms with Gasteiger partial charge in [0.25, 0.3) is 0 Å². The molecule has 25 heavy (non-hydrogen) atoms. The van der Waals surface area contributed by atoms with E-state index in [-0.39, 0.29) is 24.6 Å². The zero-order valence-electron chi connectivity index (χ0n) is 14.4. The van der Waals surface area contributed by atoms with Gasteiger partial charge in [0.2, 0.25) is 15.9 Å². The van der Waals surface area contributed by atoms with Gasteiger partial charge in [-0.05, 0) is 56.9 Å². The minimum atomic E-state index is -3.77. The first-order valence-electron chi connectivity index (χ1n) is 8.04. The number of carbonyl (C=O) groups is 1. The SMILES string of the molecule is CC(C)Oc1ccc(NS(=O)(=O)CC(=O)NCC(N)C2CC2)cc1.Cl. The lowest BCUT2D eigenvalue weighted by atomic mass is 10.2. The van der Waals surface area contributed by atoms with Crippen LogP contribution in [-0.4, -0.2) is 38.8 Å². The fraction of sp³-hybridized carbons (Fsp3) is 0.562. The zero-order valence-corrected chi connectivity index (χ0v) is 16.0. The van der Waals surface area contributed by atoms with Gasteiger partial charge in [-0.15, -0.1) is 12.4 Å². The lowest BCUT2D eigenvalue weighted by Gasteiger charge is -2.13. The Morgan fingerprint density at radius 2 is 1.88 bits per heavy atom. The van der Waals surface area contributed by atoms with E-state index in [4.69, 9.17) is 10.5 Å². The number of nitrogens with two attached hydrogens (primary N) is 1. The molecule has 1 fully saturated rings. The van der Waals surface area contributed by atoms with Gasteiger partial charge >= 0.3 is 0 Å². The molecule has 9 heteroatoms. The molecule has 7 nitrogen and oxygen atoms in total. The van der Waals surface area contributed by atoms with Crippen molar-refractivity contribution in [2.45, 2.75) is 38.8 Å². The summed E-state index contributed by atoms with van der Waals surface area (Å²) in [6.45, 7) is 4.12. The first-order valence-corrected chi connectivity index (χ1v) is 9.70. The number of anilines is 1. The van der Waals surface area contributed by atoms with Crippen LogP contribution in [-0.2, 0) is 14.8 Å². The number of hydrogen-bond donors (Lipinski definition) is 3. The minimum absolute atomic E-state index is 0. The van der Waals surface area contributed by atoms with Crippen molar-refractivity contribution in [1.82, 2.24) is 5.32 Å². The molecule has 1 aliphatic rings. The van der Waals surface area contributed by atoms with Crippen LogP contribution in [0.2, 0.25) is 0 Å². The number of halogens is 1. The minimum Gasteiger partial charge on any atom is -0.491 e. The predicted octanol–water partition coefficient (Wildman–Crippen LogP) is 1.49. The molecule has 1 aromatic carbocycles. The van der Waals surface area contributed by atoms with Crippen molar-refractivity contribution in [3.05, 3.63) is 24.3 Å². The number of hydrogen-bond acceptors (Lipinski definition) is 5. The molecule has 0 heterocycles. The molecule has 2 rings (SSSR count). The number of ether oxygens (including phenoxy) is 1. The molecule has 1 aliphatic carbocycles. The average Bonchev–Trinajstić information content (AvgIpc) is 3.30. The summed E-state index contributed by atoms with van der Waals surface area (Å²) < 4.78 is 31.9. The highest BCUT2D eigenvalue weighted by molar-refractivity contribution is 7.93. The van der Waals surface area contributed by atoms with Crippen LogP contribution in [0.15, 0.2) is 24.3 Å². The summed E-state index contributed by atoms with van der Waals surface area (Å²) in [5, 5.41) is 2.57. The number of nitrogens with one attached hydrogen (secondary N) is 2. The van der Waals surface area contributed by atoms with Crippen molar-refractivity contribution in [3.63, 3.8) is 0 Å². The Balaban J connectivity index is 0.00000312. The highest BCUT2D eigenvalue weighted by Gasteiger charge is 2.28. The van der Waals surface area contributed by atoms with Crippen molar-refractivity contribution in [1.29, 1.82) is 0 Å². The maximum absolute atomic E-state index is 12.0. The molecule has 0 bridgehead atoms. The van der Waals surface area contributed by atoms with E-state index < -0.39 is 21.7 Å².